The summed E-state index contributed by atoms with van der Waals surface area (Å²) in [4.78, 5) is 21.7. The molecule has 0 aromatic carbocycles. The third-order valence-electron chi connectivity index (χ3n) is 5.50. The topological polar surface area (TPSA) is 137 Å². The summed E-state index contributed by atoms with van der Waals surface area (Å²) in [5.74, 6) is -0.917. The first-order valence-electron chi connectivity index (χ1n) is 10.5. The maximum atomic E-state index is 13.1. The van der Waals surface area contributed by atoms with Crippen molar-refractivity contribution in [3.8, 4) is 0 Å². The van der Waals surface area contributed by atoms with Crippen LogP contribution in [0.25, 0.3) is 0 Å². The lowest BCUT2D eigenvalue weighted by molar-refractivity contribution is -0.153. The zero-order valence-corrected chi connectivity index (χ0v) is 19.8. The van der Waals surface area contributed by atoms with Crippen molar-refractivity contribution in [1.29, 1.82) is 0 Å². The van der Waals surface area contributed by atoms with Crippen LogP contribution in [0, 0.1) is 5.92 Å². The quantitative estimate of drug-likeness (QED) is 0.399. The van der Waals surface area contributed by atoms with Crippen LogP contribution in [0.15, 0.2) is 40.5 Å². The van der Waals surface area contributed by atoms with E-state index in [0.29, 0.717) is 22.7 Å². The largest absolute Gasteiger partial charge is 0.456 e. The molecule has 0 aliphatic heterocycles. The molecule has 0 spiro atoms. The van der Waals surface area contributed by atoms with Crippen LogP contribution in [0.5, 0.6) is 0 Å². The van der Waals surface area contributed by atoms with Crippen LogP contribution in [-0.4, -0.2) is 36.8 Å². The molecule has 1 aliphatic rings. The van der Waals surface area contributed by atoms with Crippen molar-refractivity contribution in [3.63, 3.8) is 0 Å². The van der Waals surface area contributed by atoms with Crippen molar-refractivity contribution in [3.05, 3.63) is 63.6 Å². The highest BCUT2D eigenvalue weighted by atomic mass is 32.2. The maximum absolute atomic E-state index is 13.1. The number of carbonyl (C=O) groups excluding carboxylic acids is 1. The average Bonchev–Trinajstić information content (AvgIpc) is 3.53. The highest BCUT2D eigenvalue weighted by molar-refractivity contribution is 7.84. The predicted octanol–water partition coefficient (Wildman–Crippen LogP) is 3.77. The number of anilines is 1. The second-order valence-electron chi connectivity index (χ2n) is 8.17. The van der Waals surface area contributed by atoms with E-state index in [2.05, 4.69) is 19.5 Å². The van der Waals surface area contributed by atoms with Crippen molar-refractivity contribution in [1.82, 2.24) is 9.97 Å². The molecule has 188 valence electrons. The van der Waals surface area contributed by atoms with Gasteiger partial charge in [0.25, 0.3) is 0 Å². The first-order chi connectivity index (χ1) is 16.5. The number of ketones is 1. The number of hydrogen-bond acceptors (Lipinski definition) is 9. The van der Waals surface area contributed by atoms with E-state index in [9.17, 15) is 26.4 Å². The molecule has 3 N–H and O–H groups in total. The Balaban J connectivity index is 1.41. The Morgan fingerprint density at radius 1 is 1.31 bits per heavy atom. The van der Waals surface area contributed by atoms with E-state index in [1.54, 1.807) is 11.4 Å². The minimum Gasteiger partial charge on any atom is -0.456 e. The Morgan fingerprint density at radius 3 is 2.83 bits per heavy atom. The van der Waals surface area contributed by atoms with E-state index in [0.717, 1.165) is 30.2 Å². The maximum Gasteiger partial charge on any atom is 0.449 e. The standard InChI is InChI=1S/C21H21F3N4O5S2/c22-21(23,24)18-4-3-15(33-18)6-13-7-17(34-10-13)19(29)16-8-26-11-27-20(16)28-14-2-1-12(5-14)9-32-35(25,30)31/h3-4,7-8,10-12,14H,1-2,5-6,9H2,(H2,25,30,31)(H,26,27,28). The summed E-state index contributed by atoms with van der Waals surface area (Å²) in [6.07, 6.45) is 0.320. The average molecular weight is 531 g/mol. The molecule has 14 heteroatoms. The molecule has 1 saturated carbocycles. The molecule has 35 heavy (non-hydrogen) atoms. The van der Waals surface area contributed by atoms with Crippen LogP contribution in [0.2, 0.25) is 0 Å². The molecular weight excluding hydrogens is 509 g/mol. The lowest BCUT2D eigenvalue weighted by Gasteiger charge is -2.15. The summed E-state index contributed by atoms with van der Waals surface area (Å²) >= 11 is 1.16. The Morgan fingerprint density at radius 2 is 2.11 bits per heavy atom. The molecule has 1 fully saturated rings. The minimum atomic E-state index is -4.56. The van der Waals surface area contributed by atoms with Gasteiger partial charge in [0.05, 0.1) is 17.0 Å². The fourth-order valence-corrected chi connectivity index (χ4v) is 5.15. The van der Waals surface area contributed by atoms with Crippen molar-refractivity contribution in [2.75, 3.05) is 11.9 Å². The highest BCUT2D eigenvalue weighted by Gasteiger charge is 2.34. The normalized spacial score (nSPS) is 18.6. The second-order valence-corrected chi connectivity index (χ2v) is 10.3. The van der Waals surface area contributed by atoms with Crippen molar-refractivity contribution >= 4 is 33.2 Å². The van der Waals surface area contributed by atoms with Gasteiger partial charge in [-0.05, 0) is 54.3 Å². The monoisotopic (exact) mass is 530 g/mol. The van der Waals surface area contributed by atoms with Crippen LogP contribution >= 0.6 is 11.3 Å². The van der Waals surface area contributed by atoms with Gasteiger partial charge in [0.2, 0.25) is 11.5 Å². The second kappa shape index (κ2) is 10.0. The molecule has 2 atom stereocenters. The van der Waals surface area contributed by atoms with Gasteiger partial charge in [-0.2, -0.15) is 21.6 Å². The minimum absolute atomic E-state index is 0.00821. The molecule has 3 heterocycles. The molecule has 9 nitrogen and oxygen atoms in total. The zero-order chi connectivity index (χ0) is 25.2. The van der Waals surface area contributed by atoms with Crippen molar-refractivity contribution in [2.45, 2.75) is 37.9 Å². The third kappa shape index (κ3) is 6.66. The van der Waals surface area contributed by atoms with Gasteiger partial charge >= 0.3 is 16.5 Å². The van der Waals surface area contributed by atoms with E-state index in [-0.39, 0.29) is 42.1 Å². The summed E-state index contributed by atoms with van der Waals surface area (Å²) in [5, 5.41) is 9.79. The Kier molecular flexibility index (Phi) is 7.26. The van der Waals surface area contributed by atoms with Gasteiger partial charge in [-0.15, -0.1) is 11.3 Å². The van der Waals surface area contributed by atoms with Crippen LogP contribution in [0.1, 0.15) is 51.6 Å². The van der Waals surface area contributed by atoms with E-state index in [1.807, 2.05) is 0 Å². The number of alkyl halides is 3. The summed E-state index contributed by atoms with van der Waals surface area (Å²) in [5.41, 5.74) is 0.892. The Bertz CT molecular complexity index is 1310. The van der Waals surface area contributed by atoms with E-state index in [4.69, 9.17) is 9.56 Å². The SMILES string of the molecule is NS(=O)(=O)OCC1CCC(Nc2ncncc2C(=O)c2cc(Cc3ccc(C(F)(F)F)o3)cs2)C1. The van der Waals surface area contributed by atoms with Crippen LogP contribution < -0.4 is 10.5 Å². The molecule has 0 bridgehead atoms. The first kappa shape index (κ1) is 25.3. The Labute approximate surface area is 202 Å². The van der Waals surface area contributed by atoms with Crippen LogP contribution in [-0.2, 0) is 27.1 Å². The van der Waals surface area contributed by atoms with E-state index < -0.39 is 22.2 Å². The van der Waals surface area contributed by atoms with Crippen LogP contribution in [0.4, 0.5) is 19.0 Å². The number of nitrogens with zero attached hydrogens (tertiary/aromatic N) is 2. The molecular formula is C21H21F3N4O5S2. The van der Waals surface area contributed by atoms with Crippen molar-refractivity contribution < 1.29 is 35.0 Å². The molecule has 3 aromatic heterocycles. The smallest absolute Gasteiger partial charge is 0.449 e. The molecule has 0 radical (unpaired) electrons. The summed E-state index contributed by atoms with van der Waals surface area (Å²) in [7, 11) is -4.00. The number of halogens is 3. The summed E-state index contributed by atoms with van der Waals surface area (Å²) in [6, 6.07) is 3.70. The molecule has 1 aliphatic carbocycles. The van der Waals surface area contributed by atoms with E-state index in [1.165, 1.54) is 18.6 Å². The summed E-state index contributed by atoms with van der Waals surface area (Å²) in [6.45, 7) is -0.00925. The van der Waals surface area contributed by atoms with Gasteiger partial charge in [0.15, 0.2) is 0 Å². The molecule has 4 rings (SSSR count). The lowest BCUT2D eigenvalue weighted by atomic mass is 10.1. The Hall–Kier alpha value is -2.81. The number of thiophene rings is 1. The molecule has 0 amide bonds. The zero-order valence-electron chi connectivity index (χ0n) is 18.1. The number of carbonyl (C=O) groups is 1. The van der Waals surface area contributed by atoms with Gasteiger partial charge < -0.3 is 9.73 Å². The van der Waals surface area contributed by atoms with E-state index >= 15 is 0 Å². The third-order valence-corrected chi connectivity index (χ3v) is 6.95. The van der Waals surface area contributed by atoms with Gasteiger partial charge in [0.1, 0.15) is 17.9 Å². The lowest BCUT2D eigenvalue weighted by Crippen LogP contribution is -2.22. The number of nitrogens with two attached hydrogens (primary N) is 1. The summed E-state index contributed by atoms with van der Waals surface area (Å²) < 4.78 is 69.7. The van der Waals surface area contributed by atoms with Gasteiger partial charge in [0, 0.05) is 18.7 Å². The number of furan rings is 1. The fraction of sp³-hybridized carbons (Fsp3) is 0.381. The van der Waals surface area contributed by atoms with Gasteiger partial charge in [-0.3, -0.25) is 8.98 Å². The number of rotatable bonds is 9. The predicted molar refractivity (Wildman–Crippen MR) is 120 cm³/mol. The van der Waals surface area contributed by atoms with Gasteiger partial charge in [-0.1, -0.05) is 0 Å². The highest BCUT2D eigenvalue weighted by Crippen LogP contribution is 2.32. The molecule has 0 saturated heterocycles. The fourth-order valence-electron chi connectivity index (χ4n) is 3.90. The molecule has 3 aromatic rings. The first-order valence-corrected chi connectivity index (χ1v) is 12.8. The van der Waals surface area contributed by atoms with Gasteiger partial charge in [-0.25, -0.2) is 15.1 Å². The molecule has 2 unspecified atom stereocenters. The number of hydrogen-bond donors (Lipinski definition) is 2. The van der Waals surface area contributed by atoms with Crippen LogP contribution in [0.3, 0.4) is 0 Å². The van der Waals surface area contributed by atoms with Crippen molar-refractivity contribution in [2.24, 2.45) is 11.1 Å². The number of nitrogens with one attached hydrogen (secondary N) is 1. The number of aromatic nitrogens is 2.